The van der Waals surface area contributed by atoms with E-state index in [2.05, 4.69) is 0 Å². The Bertz CT molecular complexity index is 625. The topological polar surface area (TPSA) is 29.5 Å². The Kier molecular flexibility index (Phi) is 2.63. The molecule has 92 valence electrons. The average Bonchev–Trinajstić information content (AvgIpc) is 2.82. The minimum Gasteiger partial charge on any atom is -0.506 e. The predicted molar refractivity (Wildman–Crippen MR) is 67.7 cm³/mol. The van der Waals surface area contributed by atoms with Gasteiger partial charge in [-0.25, -0.2) is 4.39 Å². The molecule has 0 fully saturated rings. The maximum Gasteiger partial charge on any atom is 0.137 e. The van der Waals surface area contributed by atoms with Crippen molar-refractivity contribution in [1.82, 2.24) is 0 Å². The van der Waals surface area contributed by atoms with E-state index in [0.29, 0.717) is 23.5 Å². The molecule has 2 aromatic rings. The number of fused-ring (bicyclic) bond motifs is 1. The number of ether oxygens (including phenoxy) is 1. The largest absolute Gasteiger partial charge is 0.506 e. The first-order chi connectivity index (χ1) is 8.66. The van der Waals surface area contributed by atoms with Crippen LogP contribution in [-0.4, -0.2) is 11.7 Å². The van der Waals surface area contributed by atoms with Crippen LogP contribution in [0.3, 0.4) is 0 Å². The Morgan fingerprint density at radius 1 is 1.22 bits per heavy atom. The van der Waals surface area contributed by atoms with Gasteiger partial charge in [0, 0.05) is 23.6 Å². The molecular weight excluding hydrogens is 255 g/mol. The summed E-state index contributed by atoms with van der Waals surface area (Å²) in [6, 6.07) is 8.06. The van der Waals surface area contributed by atoms with E-state index in [1.165, 1.54) is 6.07 Å². The number of hydrogen-bond acceptors (Lipinski definition) is 2. The normalized spacial score (nSPS) is 13.2. The van der Waals surface area contributed by atoms with Crippen molar-refractivity contribution >= 4 is 11.6 Å². The molecule has 1 heterocycles. The lowest BCUT2D eigenvalue weighted by atomic mass is 10.0. The highest BCUT2D eigenvalue weighted by atomic mass is 35.5. The molecule has 4 heteroatoms. The van der Waals surface area contributed by atoms with Crippen molar-refractivity contribution in [3.05, 3.63) is 46.7 Å². The first-order valence-corrected chi connectivity index (χ1v) is 5.97. The Morgan fingerprint density at radius 3 is 2.89 bits per heavy atom. The van der Waals surface area contributed by atoms with E-state index in [0.717, 1.165) is 18.1 Å². The van der Waals surface area contributed by atoms with Crippen LogP contribution < -0.4 is 4.74 Å². The lowest BCUT2D eigenvalue weighted by Gasteiger charge is -2.10. The molecule has 0 unspecified atom stereocenters. The Hall–Kier alpha value is -1.74. The fourth-order valence-electron chi connectivity index (χ4n) is 2.17. The van der Waals surface area contributed by atoms with Crippen molar-refractivity contribution in [3.63, 3.8) is 0 Å². The summed E-state index contributed by atoms with van der Waals surface area (Å²) in [4.78, 5) is 0. The summed E-state index contributed by atoms with van der Waals surface area (Å²) in [5.41, 5.74) is 2.08. The molecule has 0 saturated heterocycles. The second-order valence-corrected chi connectivity index (χ2v) is 4.58. The van der Waals surface area contributed by atoms with Gasteiger partial charge in [-0.2, -0.15) is 0 Å². The third-order valence-electron chi connectivity index (χ3n) is 3.04. The van der Waals surface area contributed by atoms with Gasteiger partial charge in [-0.05, 0) is 11.6 Å². The molecule has 0 aliphatic carbocycles. The molecule has 1 aliphatic rings. The molecule has 18 heavy (non-hydrogen) atoms. The molecule has 0 radical (unpaired) electrons. The predicted octanol–water partition coefficient (Wildman–Crippen LogP) is 3.79. The lowest BCUT2D eigenvalue weighted by Crippen LogP contribution is -1.91. The zero-order chi connectivity index (χ0) is 12.7. The second-order valence-electron chi connectivity index (χ2n) is 4.18. The fraction of sp³-hybridized carbons (Fsp3) is 0.143. The SMILES string of the molecule is Oc1cc(F)c(-c2cccc3c2OCC3)cc1Cl. The molecule has 2 nitrogen and oxygen atoms in total. The van der Waals surface area contributed by atoms with Gasteiger partial charge in [0.1, 0.15) is 17.3 Å². The first-order valence-electron chi connectivity index (χ1n) is 5.60. The van der Waals surface area contributed by atoms with Crippen LogP contribution in [-0.2, 0) is 6.42 Å². The minimum atomic E-state index is -0.513. The molecule has 0 amide bonds. The van der Waals surface area contributed by atoms with E-state index in [4.69, 9.17) is 16.3 Å². The van der Waals surface area contributed by atoms with Gasteiger partial charge in [-0.1, -0.05) is 29.8 Å². The van der Waals surface area contributed by atoms with Crippen molar-refractivity contribution in [2.75, 3.05) is 6.61 Å². The Balaban J connectivity index is 2.22. The van der Waals surface area contributed by atoms with Gasteiger partial charge in [0.25, 0.3) is 0 Å². The standard InChI is InChI=1S/C14H10ClFO2/c15-11-6-10(12(16)7-13(11)17)9-3-1-2-8-4-5-18-14(8)9/h1-3,6-7,17H,4-5H2. The van der Waals surface area contributed by atoms with Crippen LogP contribution in [0.1, 0.15) is 5.56 Å². The second kappa shape index (κ2) is 4.18. The van der Waals surface area contributed by atoms with E-state index in [9.17, 15) is 9.50 Å². The zero-order valence-corrected chi connectivity index (χ0v) is 10.2. The number of phenols is 1. The van der Waals surface area contributed by atoms with Crippen LogP contribution in [0.2, 0.25) is 5.02 Å². The lowest BCUT2D eigenvalue weighted by molar-refractivity contribution is 0.358. The van der Waals surface area contributed by atoms with Gasteiger partial charge >= 0.3 is 0 Å². The highest BCUT2D eigenvalue weighted by molar-refractivity contribution is 6.32. The summed E-state index contributed by atoms with van der Waals surface area (Å²) in [6.07, 6.45) is 0.830. The van der Waals surface area contributed by atoms with Gasteiger partial charge in [-0.3, -0.25) is 0 Å². The van der Waals surface area contributed by atoms with Gasteiger partial charge in [0.2, 0.25) is 0 Å². The van der Waals surface area contributed by atoms with Crippen molar-refractivity contribution < 1.29 is 14.2 Å². The van der Waals surface area contributed by atoms with Crippen molar-refractivity contribution in [1.29, 1.82) is 0 Å². The van der Waals surface area contributed by atoms with E-state index in [-0.39, 0.29) is 10.8 Å². The smallest absolute Gasteiger partial charge is 0.137 e. The summed E-state index contributed by atoms with van der Waals surface area (Å²) >= 11 is 5.83. The van der Waals surface area contributed by atoms with Crippen LogP contribution in [0.4, 0.5) is 4.39 Å². The Morgan fingerprint density at radius 2 is 2.06 bits per heavy atom. The van der Waals surface area contributed by atoms with Crippen LogP contribution in [0.25, 0.3) is 11.1 Å². The molecule has 0 saturated carbocycles. The van der Waals surface area contributed by atoms with Gasteiger partial charge in [0.15, 0.2) is 0 Å². The van der Waals surface area contributed by atoms with Crippen LogP contribution in [0.15, 0.2) is 30.3 Å². The average molecular weight is 265 g/mol. The zero-order valence-electron chi connectivity index (χ0n) is 9.41. The van der Waals surface area contributed by atoms with Crippen molar-refractivity contribution in [2.24, 2.45) is 0 Å². The summed E-state index contributed by atoms with van der Waals surface area (Å²) in [5.74, 6) is -0.0645. The van der Waals surface area contributed by atoms with E-state index < -0.39 is 5.82 Å². The van der Waals surface area contributed by atoms with Gasteiger partial charge in [-0.15, -0.1) is 0 Å². The molecule has 0 aromatic heterocycles. The van der Waals surface area contributed by atoms with Crippen molar-refractivity contribution in [3.8, 4) is 22.6 Å². The maximum atomic E-state index is 13.9. The summed E-state index contributed by atoms with van der Waals surface area (Å²) in [6.45, 7) is 0.611. The molecule has 0 bridgehead atoms. The minimum absolute atomic E-state index is 0.127. The molecular formula is C14H10ClFO2. The molecule has 1 aliphatic heterocycles. The third-order valence-corrected chi connectivity index (χ3v) is 3.34. The van der Waals surface area contributed by atoms with Crippen LogP contribution in [0, 0.1) is 5.82 Å². The highest BCUT2D eigenvalue weighted by Crippen LogP contribution is 2.40. The van der Waals surface area contributed by atoms with E-state index >= 15 is 0 Å². The molecule has 3 rings (SSSR count). The fourth-order valence-corrected chi connectivity index (χ4v) is 2.33. The molecule has 0 atom stereocenters. The Labute approximate surface area is 109 Å². The molecule has 1 N–H and O–H groups in total. The van der Waals surface area contributed by atoms with Gasteiger partial charge < -0.3 is 9.84 Å². The van der Waals surface area contributed by atoms with Gasteiger partial charge in [0.05, 0.1) is 11.6 Å². The quantitative estimate of drug-likeness (QED) is 0.849. The summed E-state index contributed by atoms with van der Waals surface area (Å²) < 4.78 is 19.4. The number of hydrogen-bond donors (Lipinski definition) is 1. The number of para-hydroxylation sites is 1. The maximum absolute atomic E-state index is 13.9. The number of halogens is 2. The highest BCUT2D eigenvalue weighted by Gasteiger charge is 2.19. The summed E-state index contributed by atoms with van der Waals surface area (Å²) in [7, 11) is 0. The number of phenolic OH excluding ortho intramolecular Hbond substituents is 1. The summed E-state index contributed by atoms with van der Waals surface area (Å²) in [5, 5.41) is 9.49. The van der Waals surface area contributed by atoms with Crippen LogP contribution in [0.5, 0.6) is 11.5 Å². The molecule has 2 aromatic carbocycles. The number of benzene rings is 2. The number of rotatable bonds is 1. The first kappa shape index (κ1) is 11.4. The number of aromatic hydroxyl groups is 1. The molecule has 0 spiro atoms. The third kappa shape index (κ3) is 1.71. The van der Waals surface area contributed by atoms with Crippen LogP contribution >= 0.6 is 11.6 Å². The van der Waals surface area contributed by atoms with Crippen molar-refractivity contribution in [2.45, 2.75) is 6.42 Å². The van der Waals surface area contributed by atoms with E-state index in [1.54, 1.807) is 6.07 Å². The monoisotopic (exact) mass is 264 g/mol. The van der Waals surface area contributed by atoms with E-state index in [1.807, 2.05) is 12.1 Å².